The first-order valence-corrected chi connectivity index (χ1v) is 5.29. The van der Waals surface area contributed by atoms with E-state index in [0.717, 1.165) is 11.1 Å². The minimum atomic E-state index is -1.03. The fraction of sp³-hybridized carbons (Fsp3) is 0.0769. The van der Waals surface area contributed by atoms with Gasteiger partial charge >= 0.3 is 5.97 Å². The van der Waals surface area contributed by atoms with Crippen LogP contribution >= 0.6 is 0 Å². The third kappa shape index (κ3) is 2.56. The molecule has 18 heavy (non-hydrogen) atoms. The molecular weight excluding hydrogens is 230 g/mol. The van der Waals surface area contributed by atoms with Crippen molar-refractivity contribution in [2.45, 2.75) is 0 Å². The quantitative estimate of drug-likeness (QED) is 0.686. The summed E-state index contributed by atoms with van der Waals surface area (Å²) in [6.45, 7) is 0.323. The highest BCUT2D eigenvalue weighted by Crippen LogP contribution is 2.18. The van der Waals surface area contributed by atoms with Gasteiger partial charge in [0.15, 0.2) is 0 Å². The van der Waals surface area contributed by atoms with E-state index >= 15 is 0 Å². The number of aromatic nitrogens is 2. The van der Waals surface area contributed by atoms with Gasteiger partial charge < -0.3 is 10.8 Å². The summed E-state index contributed by atoms with van der Waals surface area (Å²) in [7, 11) is 0. The number of benzene rings is 1. The molecule has 2 rings (SSSR count). The molecule has 0 unspecified atom stereocenters. The first-order chi connectivity index (χ1) is 8.70. The summed E-state index contributed by atoms with van der Waals surface area (Å²) in [6, 6.07) is 8.84. The lowest BCUT2D eigenvalue weighted by molar-refractivity contribution is 0.0690. The van der Waals surface area contributed by atoms with Crippen LogP contribution in [-0.2, 0) is 0 Å². The predicted molar refractivity (Wildman–Crippen MR) is 66.9 cm³/mol. The summed E-state index contributed by atoms with van der Waals surface area (Å²) in [5, 5.41) is 15.2. The molecule has 0 amide bonds. The standard InChI is InChI=1S/C13H11N3O2/c14-7-1-2-9-3-5-10(6-4-9)11-8-12(13(17)18)16-15-11/h3-6,8H,7,14H2,(H,15,16)(H,17,18). The van der Waals surface area contributed by atoms with Crippen LogP contribution in [-0.4, -0.2) is 27.8 Å². The SMILES string of the molecule is NCC#Cc1ccc(-c2cc(C(=O)O)[nH]n2)cc1. The Morgan fingerprint density at radius 3 is 2.67 bits per heavy atom. The second-order valence-corrected chi connectivity index (χ2v) is 3.56. The number of carboxylic acids is 1. The van der Waals surface area contributed by atoms with Crippen molar-refractivity contribution in [1.82, 2.24) is 10.2 Å². The topological polar surface area (TPSA) is 92.0 Å². The molecule has 0 aliphatic rings. The van der Waals surface area contributed by atoms with Crippen molar-refractivity contribution < 1.29 is 9.90 Å². The van der Waals surface area contributed by atoms with Crippen LogP contribution in [0.5, 0.6) is 0 Å². The average molecular weight is 241 g/mol. The summed E-state index contributed by atoms with van der Waals surface area (Å²) in [5.74, 6) is 4.64. The third-order valence-corrected chi connectivity index (χ3v) is 2.32. The smallest absolute Gasteiger partial charge is 0.353 e. The minimum absolute atomic E-state index is 0.0667. The number of aromatic amines is 1. The Labute approximate surface area is 104 Å². The molecule has 0 saturated carbocycles. The number of nitrogens with zero attached hydrogens (tertiary/aromatic N) is 1. The Bertz CT molecular complexity index is 618. The van der Waals surface area contributed by atoms with Gasteiger partial charge in [0.25, 0.3) is 0 Å². The van der Waals surface area contributed by atoms with Gasteiger partial charge in [-0.05, 0) is 18.2 Å². The van der Waals surface area contributed by atoms with E-state index in [-0.39, 0.29) is 5.69 Å². The van der Waals surface area contributed by atoms with E-state index in [0.29, 0.717) is 12.2 Å². The van der Waals surface area contributed by atoms with E-state index in [9.17, 15) is 4.79 Å². The van der Waals surface area contributed by atoms with Gasteiger partial charge in [-0.1, -0.05) is 24.0 Å². The Kier molecular flexibility index (Phi) is 3.41. The summed E-state index contributed by atoms with van der Waals surface area (Å²) in [6.07, 6.45) is 0. The van der Waals surface area contributed by atoms with Crippen molar-refractivity contribution in [3.8, 4) is 23.1 Å². The Balaban J connectivity index is 2.25. The lowest BCUT2D eigenvalue weighted by Gasteiger charge is -1.95. The van der Waals surface area contributed by atoms with Crippen LogP contribution in [0.15, 0.2) is 30.3 Å². The van der Waals surface area contributed by atoms with E-state index in [2.05, 4.69) is 22.0 Å². The monoisotopic (exact) mass is 241 g/mol. The number of aromatic carboxylic acids is 1. The molecular formula is C13H11N3O2. The zero-order chi connectivity index (χ0) is 13.0. The molecule has 0 saturated heterocycles. The number of nitrogens with one attached hydrogen (secondary N) is 1. The molecule has 0 radical (unpaired) electrons. The molecule has 1 heterocycles. The van der Waals surface area contributed by atoms with Gasteiger partial charge in [0.05, 0.1) is 12.2 Å². The fourth-order valence-electron chi connectivity index (χ4n) is 1.46. The van der Waals surface area contributed by atoms with Gasteiger partial charge in [-0.3, -0.25) is 5.10 Å². The molecule has 1 aromatic heterocycles. The number of hydrogen-bond donors (Lipinski definition) is 3. The number of hydrogen-bond acceptors (Lipinski definition) is 3. The molecule has 0 atom stereocenters. The van der Waals surface area contributed by atoms with Crippen LogP contribution in [0.2, 0.25) is 0 Å². The number of carbonyl (C=O) groups is 1. The number of nitrogens with two attached hydrogens (primary N) is 1. The molecule has 90 valence electrons. The summed E-state index contributed by atoms with van der Waals surface area (Å²) < 4.78 is 0. The molecule has 0 fully saturated rings. The molecule has 4 N–H and O–H groups in total. The molecule has 5 nitrogen and oxygen atoms in total. The van der Waals surface area contributed by atoms with Gasteiger partial charge in [-0.2, -0.15) is 5.10 Å². The number of rotatable bonds is 2. The molecule has 0 bridgehead atoms. The number of carboxylic acid groups (broad SMARTS) is 1. The van der Waals surface area contributed by atoms with Crippen molar-refractivity contribution in [1.29, 1.82) is 0 Å². The lowest BCUT2D eigenvalue weighted by atomic mass is 10.1. The van der Waals surface area contributed by atoms with E-state index in [1.165, 1.54) is 6.07 Å². The van der Waals surface area contributed by atoms with E-state index < -0.39 is 5.97 Å². The minimum Gasteiger partial charge on any atom is -0.477 e. The van der Waals surface area contributed by atoms with Crippen molar-refractivity contribution in [3.05, 3.63) is 41.6 Å². The zero-order valence-corrected chi connectivity index (χ0v) is 9.47. The maximum atomic E-state index is 10.7. The molecule has 5 heteroatoms. The first kappa shape index (κ1) is 11.9. The first-order valence-electron chi connectivity index (χ1n) is 5.29. The van der Waals surface area contributed by atoms with Crippen molar-refractivity contribution >= 4 is 5.97 Å². The molecule has 0 spiro atoms. The van der Waals surface area contributed by atoms with Crippen LogP contribution in [0.3, 0.4) is 0 Å². The normalized spacial score (nSPS) is 9.61. The van der Waals surface area contributed by atoms with Crippen molar-refractivity contribution in [3.63, 3.8) is 0 Å². The predicted octanol–water partition coefficient (Wildman–Crippen LogP) is 1.09. The van der Waals surface area contributed by atoms with E-state index in [1.807, 2.05) is 24.3 Å². The second-order valence-electron chi connectivity index (χ2n) is 3.56. The van der Waals surface area contributed by atoms with Crippen LogP contribution in [0.1, 0.15) is 16.1 Å². The second kappa shape index (κ2) is 5.17. The average Bonchev–Trinajstić information content (AvgIpc) is 2.87. The van der Waals surface area contributed by atoms with Gasteiger partial charge in [-0.15, -0.1) is 0 Å². The highest BCUT2D eigenvalue weighted by molar-refractivity contribution is 5.86. The summed E-state index contributed by atoms with van der Waals surface area (Å²) in [4.78, 5) is 10.7. The maximum Gasteiger partial charge on any atom is 0.353 e. The molecule has 0 aliphatic carbocycles. The molecule has 0 aliphatic heterocycles. The van der Waals surface area contributed by atoms with E-state index in [1.54, 1.807) is 0 Å². The molecule has 1 aromatic carbocycles. The van der Waals surface area contributed by atoms with Crippen LogP contribution < -0.4 is 5.73 Å². The van der Waals surface area contributed by atoms with Gasteiger partial charge in [0.2, 0.25) is 0 Å². The lowest BCUT2D eigenvalue weighted by Crippen LogP contribution is -1.95. The van der Waals surface area contributed by atoms with Crippen LogP contribution in [0, 0.1) is 11.8 Å². The highest BCUT2D eigenvalue weighted by Gasteiger charge is 2.08. The zero-order valence-electron chi connectivity index (χ0n) is 9.47. The van der Waals surface area contributed by atoms with Crippen LogP contribution in [0.25, 0.3) is 11.3 Å². The van der Waals surface area contributed by atoms with E-state index in [4.69, 9.17) is 10.8 Å². The Hall–Kier alpha value is -2.58. The summed E-state index contributed by atoms with van der Waals surface area (Å²) >= 11 is 0. The van der Waals surface area contributed by atoms with Gasteiger partial charge in [0, 0.05) is 11.1 Å². The van der Waals surface area contributed by atoms with Crippen molar-refractivity contribution in [2.24, 2.45) is 5.73 Å². The highest BCUT2D eigenvalue weighted by atomic mass is 16.4. The van der Waals surface area contributed by atoms with Crippen molar-refractivity contribution in [2.75, 3.05) is 6.54 Å². The van der Waals surface area contributed by atoms with Gasteiger partial charge in [0.1, 0.15) is 5.69 Å². The third-order valence-electron chi connectivity index (χ3n) is 2.32. The maximum absolute atomic E-state index is 10.7. The number of H-pyrrole nitrogens is 1. The van der Waals surface area contributed by atoms with Crippen LogP contribution in [0.4, 0.5) is 0 Å². The fourth-order valence-corrected chi connectivity index (χ4v) is 1.46. The Morgan fingerprint density at radius 1 is 1.39 bits per heavy atom. The summed E-state index contributed by atoms with van der Waals surface area (Å²) in [5.41, 5.74) is 7.63. The Morgan fingerprint density at radius 2 is 2.11 bits per heavy atom. The molecule has 2 aromatic rings. The largest absolute Gasteiger partial charge is 0.477 e. The van der Waals surface area contributed by atoms with Gasteiger partial charge in [-0.25, -0.2) is 4.79 Å².